The zero-order valence-electron chi connectivity index (χ0n) is 10.5. The van der Waals surface area contributed by atoms with Gasteiger partial charge >= 0.3 is 0 Å². The van der Waals surface area contributed by atoms with Crippen LogP contribution in [0.25, 0.3) is 10.9 Å². The quantitative estimate of drug-likeness (QED) is 0.744. The normalized spacial score (nSPS) is 12.1. The van der Waals surface area contributed by atoms with E-state index in [9.17, 15) is 9.18 Å². The Hall–Kier alpha value is -1.64. The van der Waals surface area contributed by atoms with Gasteiger partial charge in [0.1, 0.15) is 5.82 Å². The molecule has 0 atom stereocenters. The first-order valence-corrected chi connectivity index (χ1v) is 5.63. The molecule has 90 valence electrons. The molecular formula is C14H16FNO. The van der Waals surface area contributed by atoms with Crippen LogP contribution in [-0.4, -0.2) is 4.98 Å². The summed E-state index contributed by atoms with van der Waals surface area (Å²) in [5, 5.41) is 0.413. The number of rotatable bonds is 0. The number of benzene rings is 1. The standard InChI is InChI=1S/C14H16FNO/c1-8-5-9-11(17)7-12(14(2,3)4)16-13(9)10(15)6-8/h5-7H,1-4H3,(H,16,17). The number of nitrogens with one attached hydrogen (secondary N) is 1. The van der Waals surface area contributed by atoms with E-state index in [4.69, 9.17) is 0 Å². The fourth-order valence-corrected chi connectivity index (χ4v) is 1.85. The van der Waals surface area contributed by atoms with Gasteiger partial charge in [0.25, 0.3) is 0 Å². The van der Waals surface area contributed by atoms with Crippen LogP contribution in [0.1, 0.15) is 32.0 Å². The van der Waals surface area contributed by atoms with Crippen LogP contribution in [-0.2, 0) is 5.41 Å². The molecule has 0 aliphatic heterocycles. The zero-order chi connectivity index (χ0) is 12.8. The molecule has 0 radical (unpaired) electrons. The molecule has 2 rings (SSSR count). The second-order valence-electron chi connectivity index (χ2n) is 5.47. The van der Waals surface area contributed by atoms with Crippen LogP contribution in [0.5, 0.6) is 0 Å². The molecule has 2 aromatic rings. The van der Waals surface area contributed by atoms with Gasteiger partial charge in [-0.2, -0.15) is 0 Å². The lowest BCUT2D eigenvalue weighted by Crippen LogP contribution is -2.18. The van der Waals surface area contributed by atoms with Crippen molar-refractivity contribution in [1.82, 2.24) is 4.98 Å². The lowest BCUT2D eigenvalue weighted by atomic mass is 9.91. The summed E-state index contributed by atoms with van der Waals surface area (Å²) in [7, 11) is 0. The van der Waals surface area contributed by atoms with E-state index in [1.807, 2.05) is 20.8 Å². The van der Waals surface area contributed by atoms with Gasteiger partial charge in [-0.3, -0.25) is 4.79 Å². The van der Waals surface area contributed by atoms with Crippen molar-refractivity contribution in [1.29, 1.82) is 0 Å². The molecule has 1 N–H and O–H groups in total. The maximum absolute atomic E-state index is 13.8. The fourth-order valence-electron chi connectivity index (χ4n) is 1.85. The molecule has 17 heavy (non-hydrogen) atoms. The highest BCUT2D eigenvalue weighted by molar-refractivity contribution is 5.80. The molecule has 1 aromatic carbocycles. The number of aromatic nitrogens is 1. The number of pyridine rings is 1. The molecule has 0 bridgehead atoms. The SMILES string of the molecule is Cc1cc(F)c2[nH]c(C(C)(C)C)cc(=O)c2c1. The van der Waals surface area contributed by atoms with Gasteiger partial charge in [0, 0.05) is 22.6 Å². The predicted octanol–water partition coefficient (Wildman–Crippen LogP) is 3.27. The Morgan fingerprint density at radius 2 is 1.82 bits per heavy atom. The Morgan fingerprint density at radius 3 is 2.41 bits per heavy atom. The maximum Gasteiger partial charge on any atom is 0.189 e. The third-order valence-corrected chi connectivity index (χ3v) is 2.84. The Bertz CT molecular complexity index is 635. The highest BCUT2D eigenvalue weighted by Gasteiger charge is 2.17. The predicted molar refractivity (Wildman–Crippen MR) is 68.0 cm³/mol. The van der Waals surface area contributed by atoms with Crippen LogP contribution in [0.2, 0.25) is 0 Å². The smallest absolute Gasteiger partial charge is 0.189 e. The van der Waals surface area contributed by atoms with E-state index in [0.717, 1.165) is 11.3 Å². The van der Waals surface area contributed by atoms with Gasteiger partial charge in [-0.1, -0.05) is 20.8 Å². The third-order valence-electron chi connectivity index (χ3n) is 2.84. The van der Waals surface area contributed by atoms with Crippen molar-refractivity contribution in [2.75, 3.05) is 0 Å². The maximum atomic E-state index is 13.8. The molecule has 0 aliphatic rings. The van der Waals surface area contributed by atoms with Crippen molar-refractivity contribution in [3.8, 4) is 0 Å². The number of hydrogen-bond donors (Lipinski definition) is 1. The highest BCUT2D eigenvalue weighted by atomic mass is 19.1. The van der Waals surface area contributed by atoms with Crippen molar-refractivity contribution in [2.24, 2.45) is 0 Å². The van der Waals surface area contributed by atoms with E-state index in [-0.39, 0.29) is 16.7 Å². The Labute approximate surface area is 99.5 Å². The summed E-state index contributed by atoms with van der Waals surface area (Å²) < 4.78 is 13.8. The summed E-state index contributed by atoms with van der Waals surface area (Å²) >= 11 is 0. The van der Waals surface area contributed by atoms with Crippen molar-refractivity contribution in [3.05, 3.63) is 45.5 Å². The van der Waals surface area contributed by atoms with Crippen LogP contribution in [0.4, 0.5) is 4.39 Å². The van der Waals surface area contributed by atoms with Crippen molar-refractivity contribution >= 4 is 10.9 Å². The Balaban J connectivity index is 2.88. The summed E-state index contributed by atoms with van der Waals surface area (Å²) in [6.45, 7) is 7.72. The van der Waals surface area contributed by atoms with Crippen molar-refractivity contribution < 1.29 is 4.39 Å². The number of halogens is 1. The minimum absolute atomic E-state index is 0.133. The molecule has 0 aliphatic carbocycles. The molecule has 3 heteroatoms. The average Bonchev–Trinajstić information content (AvgIpc) is 2.17. The van der Waals surface area contributed by atoms with E-state index >= 15 is 0 Å². The van der Waals surface area contributed by atoms with Crippen LogP contribution >= 0.6 is 0 Å². The molecule has 0 fully saturated rings. The highest BCUT2D eigenvalue weighted by Crippen LogP contribution is 2.22. The Kier molecular flexibility index (Phi) is 2.57. The van der Waals surface area contributed by atoms with Crippen LogP contribution in [0, 0.1) is 12.7 Å². The van der Waals surface area contributed by atoms with E-state index in [1.54, 1.807) is 19.1 Å². The summed E-state index contributed by atoms with van der Waals surface area (Å²) in [6, 6.07) is 4.70. The molecule has 1 aromatic heterocycles. The van der Waals surface area contributed by atoms with E-state index in [2.05, 4.69) is 4.98 Å². The second kappa shape index (κ2) is 3.69. The summed E-state index contributed by atoms with van der Waals surface area (Å²) in [6.07, 6.45) is 0. The number of hydrogen-bond acceptors (Lipinski definition) is 1. The fraction of sp³-hybridized carbons (Fsp3) is 0.357. The van der Waals surface area contributed by atoms with Crippen molar-refractivity contribution in [2.45, 2.75) is 33.1 Å². The lowest BCUT2D eigenvalue weighted by molar-refractivity contribution is 0.568. The Morgan fingerprint density at radius 1 is 1.18 bits per heavy atom. The van der Waals surface area contributed by atoms with Gasteiger partial charge in [0.05, 0.1) is 5.52 Å². The van der Waals surface area contributed by atoms with Gasteiger partial charge in [-0.05, 0) is 24.6 Å². The molecule has 0 amide bonds. The number of aryl methyl sites for hydroxylation is 1. The molecule has 1 heterocycles. The van der Waals surface area contributed by atoms with E-state index < -0.39 is 0 Å². The summed E-state index contributed by atoms with van der Waals surface area (Å²) in [4.78, 5) is 15.0. The molecular weight excluding hydrogens is 217 g/mol. The number of fused-ring (bicyclic) bond motifs is 1. The van der Waals surface area contributed by atoms with Crippen molar-refractivity contribution in [3.63, 3.8) is 0 Å². The average molecular weight is 233 g/mol. The van der Waals surface area contributed by atoms with Gasteiger partial charge in [0.15, 0.2) is 5.43 Å². The van der Waals surface area contributed by atoms with Gasteiger partial charge in [0.2, 0.25) is 0 Å². The first-order chi connectivity index (χ1) is 7.79. The minimum Gasteiger partial charge on any atom is -0.355 e. The van der Waals surface area contributed by atoms with Gasteiger partial charge in [-0.15, -0.1) is 0 Å². The zero-order valence-corrected chi connectivity index (χ0v) is 10.5. The number of aromatic amines is 1. The van der Waals surface area contributed by atoms with E-state index in [1.165, 1.54) is 6.07 Å². The summed E-state index contributed by atoms with van der Waals surface area (Å²) in [5.74, 6) is -0.372. The molecule has 0 saturated heterocycles. The minimum atomic E-state index is -0.372. The number of H-pyrrole nitrogens is 1. The molecule has 0 unspecified atom stereocenters. The first-order valence-electron chi connectivity index (χ1n) is 5.63. The van der Waals surface area contributed by atoms with Crippen LogP contribution < -0.4 is 5.43 Å². The van der Waals surface area contributed by atoms with Crippen LogP contribution in [0.15, 0.2) is 23.0 Å². The third kappa shape index (κ3) is 2.09. The topological polar surface area (TPSA) is 32.9 Å². The molecule has 0 saturated carbocycles. The van der Waals surface area contributed by atoms with Gasteiger partial charge < -0.3 is 4.98 Å². The lowest BCUT2D eigenvalue weighted by Gasteiger charge is -2.19. The van der Waals surface area contributed by atoms with Gasteiger partial charge in [-0.25, -0.2) is 4.39 Å². The largest absolute Gasteiger partial charge is 0.355 e. The summed E-state index contributed by atoms with van der Waals surface area (Å²) in [5.41, 5.74) is 1.46. The van der Waals surface area contributed by atoms with E-state index in [0.29, 0.717) is 10.9 Å². The molecule has 0 spiro atoms. The monoisotopic (exact) mass is 233 g/mol. The second-order valence-corrected chi connectivity index (χ2v) is 5.47. The first kappa shape index (κ1) is 11.8. The van der Waals surface area contributed by atoms with Crippen LogP contribution in [0.3, 0.4) is 0 Å². The molecule has 2 nitrogen and oxygen atoms in total.